The Morgan fingerprint density at radius 3 is 2.40 bits per heavy atom. The second-order valence-corrected chi connectivity index (χ2v) is 4.40. The summed E-state index contributed by atoms with van der Waals surface area (Å²) < 4.78 is 33.0. The van der Waals surface area contributed by atoms with Crippen LogP contribution in [-0.4, -0.2) is 13.7 Å². The van der Waals surface area contributed by atoms with E-state index >= 15 is 0 Å². The van der Waals surface area contributed by atoms with Gasteiger partial charge in [-0.1, -0.05) is 19.1 Å². The summed E-state index contributed by atoms with van der Waals surface area (Å²) in [7, 11) is 1.57. The van der Waals surface area contributed by atoms with E-state index in [1.165, 1.54) is 18.2 Å². The van der Waals surface area contributed by atoms with Gasteiger partial charge in [0.2, 0.25) is 0 Å². The minimum Gasteiger partial charge on any atom is -0.497 e. The van der Waals surface area contributed by atoms with E-state index in [2.05, 4.69) is 5.32 Å². The first kappa shape index (κ1) is 14.5. The van der Waals surface area contributed by atoms with Gasteiger partial charge in [-0.05, 0) is 41.9 Å². The Bertz CT molecular complexity index is 579. The van der Waals surface area contributed by atoms with Crippen molar-refractivity contribution in [2.75, 3.05) is 13.7 Å². The highest BCUT2D eigenvalue weighted by atomic mass is 19.1. The van der Waals surface area contributed by atoms with Crippen molar-refractivity contribution in [1.82, 2.24) is 5.32 Å². The fourth-order valence-electron chi connectivity index (χ4n) is 2.10. The summed E-state index contributed by atoms with van der Waals surface area (Å²) in [5, 5.41) is 3.16. The maximum Gasteiger partial charge on any atom is 0.133 e. The van der Waals surface area contributed by atoms with Gasteiger partial charge in [0.15, 0.2) is 0 Å². The summed E-state index contributed by atoms with van der Waals surface area (Å²) in [5.74, 6) is -0.459. The van der Waals surface area contributed by atoms with Crippen molar-refractivity contribution in [3.05, 3.63) is 53.6 Å². The molecule has 0 aromatic heterocycles. The molecule has 0 aliphatic rings. The number of rotatable bonds is 5. The molecule has 0 bridgehead atoms. The van der Waals surface area contributed by atoms with E-state index < -0.39 is 11.6 Å². The highest BCUT2D eigenvalue weighted by Crippen LogP contribution is 2.31. The van der Waals surface area contributed by atoms with Gasteiger partial charge in [-0.25, -0.2) is 8.78 Å². The number of hydrogen-bond donors (Lipinski definition) is 1. The first-order chi connectivity index (χ1) is 9.67. The lowest BCUT2D eigenvalue weighted by molar-refractivity contribution is 0.414. The molecule has 0 fully saturated rings. The minimum absolute atomic E-state index is 0.00283. The normalized spacial score (nSPS) is 10.6. The molecule has 2 aromatic rings. The van der Waals surface area contributed by atoms with E-state index in [0.717, 1.165) is 12.1 Å². The molecule has 0 saturated carbocycles. The van der Waals surface area contributed by atoms with Gasteiger partial charge in [-0.2, -0.15) is 0 Å². The summed E-state index contributed by atoms with van der Waals surface area (Å²) in [6, 6.07) is 9.08. The third-order valence-corrected chi connectivity index (χ3v) is 3.11. The van der Waals surface area contributed by atoms with Crippen molar-refractivity contribution in [3.8, 4) is 16.9 Å². The van der Waals surface area contributed by atoms with Crippen LogP contribution in [0, 0.1) is 11.6 Å². The highest BCUT2D eigenvalue weighted by molar-refractivity contribution is 5.69. The van der Waals surface area contributed by atoms with Crippen molar-refractivity contribution in [2.45, 2.75) is 13.5 Å². The number of benzene rings is 2. The first-order valence-corrected chi connectivity index (χ1v) is 6.49. The van der Waals surface area contributed by atoms with Gasteiger partial charge in [0.25, 0.3) is 0 Å². The molecule has 0 aliphatic carbocycles. The summed E-state index contributed by atoms with van der Waals surface area (Å²) in [5.41, 5.74) is 1.35. The number of nitrogens with one attached hydrogen (secondary N) is 1. The molecule has 2 aromatic carbocycles. The van der Waals surface area contributed by atoms with Crippen LogP contribution in [0.2, 0.25) is 0 Å². The molecule has 4 heteroatoms. The average Bonchev–Trinajstić information content (AvgIpc) is 2.45. The molecule has 2 rings (SSSR count). The quantitative estimate of drug-likeness (QED) is 0.898. The Kier molecular flexibility index (Phi) is 4.69. The summed E-state index contributed by atoms with van der Waals surface area (Å²) in [6.07, 6.45) is 0. The Hall–Kier alpha value is -1.94. The lowest BCUT2D eigenvalue weighted by Crippen LogP contribution is -2.13. The van der Waals surface area contributed by atoms with Crippen LogP contribution in [0.3, 0.4) is 0 Å². The summed E-state index contributed by atoms with van der Waals surface area (Å²) in [6.45, 7) is 3.27. The summed E-state index contributed by atoms with van der Waals surface area (Å²) >= 11 is 0. The fraction of sp³-hybridized carbons (Fsp3) is 0.250. The third-order valence-electron chi connectivity index (χ3n) is 3.11. The van der Waals surface area contributed by atoms with Crippen LogP contribution in [0.5, 0.6) is 5.75 Å². The van der Waals surface area contributed by atoms with Crippen LogP contribution < -0.4 is 10.1 Å². The molecular weight excluding hydrogens is 260 g/mol. The zero-order valence-corrected chi connectivity index (χ0v) is 11.5. The summed E-state index contributed by atoms with van der Waals surface area (Å²) in [4.78, 5) is 0. The average molecular weight is 277 g/mol. The van der Waals surface area contributed by atoms with E-state index in [1.54, 1.807) is 25.3 Å². The van der Waals surface area contributed by atoms with Gasteiger partial charge in [0, 0.05) is 6.54 Å². The molecule has 0 heterocycles. The van der Waals surface area contributed by atoms with Gasteiger partial charge in [-0.3, -0.25) is 0 Å². The van der Waals surface area contributed by atoms with Gasteiger partial charge in [0.1, 0.15) is 17.4 Å². The van der Waals surface area contributed by atoms with E-state index in [0.29, 0.717) is 17.9 Å². The van der Waals surface area contributed by atoms with E-state index in [4.69, 9.17) is 4.74 Å². The van der Waals surface area contributed by atoms with Gasteiger partial charge >= 0.3 is 0 Å². The molecule has 0 radical (unpaired) electrons. The largest absolute Gasteiger partial charge is 0.497 e. The number of hydrogen-bond acceptors (Lipinski definition) is 2. The maximum atomic E-state index is 13.9. The lowest BCUT2D eigenvalue weighted by Gasteiger charge is -2.13. The van der Waals surface area contributed by atoms with Crippen LogP contribution in [0.1, 0.15) is 12.5 Å². The molecule has 0 spiro atoms. The Morgan fingerprint density at radius 2 is 1.80 bits per heavy atom. The topological polar surface area (TPSA) is 21.3 Å². The maximum absolute atomic E-state index is 13.9. The zero-order valence-electron chi connectivity index (χ0n) is 11.5. The molecule has 0 amide bonds. The molecule has 1 N–H and O–H groups in total. The molecule has 0 saturated heterocycles. The zero-order chi connectivity index (χ0) is 14.5. The molecule has 0 unspecified atom stereocenters. The molecule has 0 aliphatic heterocycles. The van der Waals surface area contributed by atoms with Gasteiger partial charge in [-0.15, -0.1) is 0 Å². The van der Waals surface area contributed by atoms with E-state index in [9.17, 15) is 8.78 Å². The predicted molar refractivity (Wildman–Crippen MR) is 75.7 cm³/mol. The first-order valence-electron chi connectivity index (χ1n) is 6.49. The lowest BCUT2D eigenvalue weighted by atomic mass is 9.98. The second kappa shape index (κ2) is 6.48. The molecular formula is C16H17F2NO. The van der Waals surface area contributed by atoms with Gasteiger partial charge in [0.05, 0.1) is 12.7 Å². The van der Waals surface area contributed by atoms with Crippen LogP contribution >= 0.6 is 0 Å². The molecule has 106 valence electrons. The van der Waals surface area contributed by atoms with E-state index in [1.807, 2.05) is 6.92 Å². The Morgan fingerprint density at radius 1 is 1.10 bits per heavy atom. The van der Waals surface area contributed by atoms with Crippen LogP contribution in [0.4, 0.5) is 8.78 Å². The van der Waals surface area contributed by atoms with E-state index in [-0.39, 0.29) is 5.56 Å². The van der Waals surface area contributed by atoms with Crippen molar-refractivity contribution < 1.29 is 13.5 Å². The van der Waals surface area contributed by atoms with Crippen molar-refractivity contribution >= 4 is 0 Å². The Balaban J connectivity index is 2.54. The van der Waals surface area contributed by atoms with Crippen molar-refractivity contribution in [3.63, 3.8) is 0 Å². The standard InChI is InChI=1S/C16H17F2NO/c1-3-19-10-11-9-12(20-2)7-8-13(11)16-14(17)5-4-6-15(16)18/h4-9,19H,3,10H2,1-2H3. The fourth-order valence-corrected chi connectivity index (χ4v) is 2.10. The highest BCUT2D eigenvalue weighted by Gasteiger charge is 2.15. The smallest absolute Gasteiger partial charge is 0.133 e. The predicted octanol–water partition coefficient (Wildman–Crippen LogP) is 3.75. The number of halogens is 2. The number of methoxy groups -OCH3 is 1. The van der Waals surface area contributed by atoms with Crippen molar-refractivity contribution in [2.24, 2.45) is 0 Å². The number of ether oxygens (including phenoxy) is 1. The Labute approximate surface area is 117 Å². The van der Waals surface area contributed by atoms with Crippen molar-refractivity contribution in [1.29, 1.82) is 0 Å². The SMILES string of the molecule is CCNCc1cc(OC)ccc1-c1c(F)cccc1F. The molecule has 2 nitrogen and oxygen atoms in total. The van der Waals surface area contributed by atoms with Crippen LogP contribution in [-0.2, 0) is 6.54 Å². The monoisotopic (exact) mass is 277 g/mol. The van der Waals surface area contributed by atoms with Crippen LogP contribution in [0.25, 0.3) is 11.1 Å². The molecule has 0 atom stereocenters. The second-order valence-electron chi connectivity index (χ2n) is 4.40. The van der Waals surface area contributed by atoms with Gasteiger partial charge < -0.3 is 10.1 Å². The van der Waals surface area contributed by atoms with Crippen LogP contribution in [0.15, 0.2) is 36.4 Å². The third kappa shape index (κ3) is 2.96. The minimum atomic E-state index is -0.562. The molecule has 20 heavy (non-hydrogen) atoms.